The first kappa shape index (κ1) is 16.9. The molecule has 1 amide bonds. The number of carbonyl (C=O) groups is 1. The molecule has 2 fully saturated rings. The van der Waals surface area contributed by atoms with Gasteiger partial charge in [0.2, 0.25) is 5.91 Å². The van der Waals surface area contributed by atoms with Crippen molar-refractivity contribution in [3.8, 4) is 11.5 Å². The smallest absolute Gasteiger partial charge is 0.239 e. The first-order chi connectivity index (χ1) is 12.7. The Morgan fingerprint density at radius 3 is 2.04 bits per heavy atom. The number of methoxy groups -OCH3 is 1. The molecule has 2 aromatic rings. The van der Waals surface area contributed by atoms with Crippen molar-refractivity contribution in [2.24, 2.45) is 5.92 Å². The van der Waals surface area contributed by atoms with Crippen LogP contribution in [0.3, 0.4) is 0 Å². The number of rotatable bonds is 5. The van der Waals surface area contributed by atoms with Gasteiger partial charge in [0.15, 0.2) is 0 Å². The highest BCUT2D eigenvalue weighted by molar-refractivity contribution is 5.86. The molecule has 2 heterocycles. The maximum absolute atomic E-state index is 12.4. The minimum Gasteiger partial charge on any atom is -0.497 e. The van der Waals surface area contributed by atoms with Crippen LogP contribution in [-0.2, 0) is 4.79 Å². The summed E-state index contributed by atoms with van der Waals surface area (Å²) in [5, 5.41) is 3.14. The molecule has 2 aliphatic heterocycles. The van der Waals surface area contributed by atoms with E-state index in [0.29, 0.717) is 6.61 Å². The average molecular weight is 353 g/mol. The zero-order valence-corrected chi connectivity index (χ0v) is 14.9. The van der Waals surface area contributed by atoms with Crippen molar-refractivity contribution >= 4 is 5.91 Å². The van der Waals surface area contributed by atoms with E-state index in [-0.39, 0.29) is 30.0 Å². The van der Waals surface area contributed by atoms with E-state index >= 15 is 0 Å². The van der Waals surface area contributed by atoms with E-state index in [2.05, 4.69) is 16.2 Å². The topological polar surface area (TPSA) is 71.6 Å². The molecule has 2 aromatic carbocycles. The van der Waals surface area contributed by atoms with Gasteiger partial charge in [0.05, 0.1) is 25.8 Å². The van der Waals surface area contributed by atoms with Gasteiger partial charge in [-0.2, -0.15) is 0 Å². The molecular weight excluding hydrogens is 330 g/mol. The van der Waals surface area contributed by atoms with Crippen LogP contribution in [0.4, 0.5) is 0 Å². The summed E-state index contributed by atoms with van der Waals surface area (Å²) >= 11 is 0. The van der Waals surface area contributed by atoms with E-state index < -0.39 is 0 Å². The summed E-state index contributed by atoms with van der Waals surface area (Å²) in [6.45, 7) is 2.60. The molecule has 136 valence electrons. The van der Waals surface area contributed by atoms with Crippen molar-refractivity contribution in [1.82, 2.24) is 16.2 Å². The zero-order valence-electron chi connectivity index (χ0n) is 14.9. The Balaban J connectivity index is 1.62. The van der Waals surface area contributed by atoms with Gasteiger partial charge in [0.25, 0.3) is 0 Å². The third kappa shape index (κ3) is 2.91. The minimum atomic E-state index is -0.251. The van der Waals surface area contributed by atoms with Crippen LogP contribution in [0.1, 0.15) is 30.1 Å². The van der Waals surface area contributed by atoms with Crippen molar-refractivity contribution in [1.29, 1.82) is 0 Å². The Morgan fingerprint density at radius 1 is 0.846 bits per heavy atom. The van der Waals surface area contributed by atoms with E-state index in [0.717, 1.165) is 22.6 Å². The van der Waals surface area contributed by atoms with Gasteiger partial charge in [-0.25, -0.2) is 10.9 Å². The molecule has 0 aliphatic carbocycles. The third-order valence-electron chi connectivity index (χ3n) is 5.15. The summed E-state index contributed by atoms with van der Waals surface area (Å²) in [7, 11) is 1.65. The number of hydrogen-bond acceptors (Lipinski definition) is 5. The van der Waals surface area contributed by atoms with Crippen LogP contribution < -0.4 is 25.6 Å². The number of carbonyl (C=O) groups excluding carboxylic acids is 1. The van der Waals surface area contributed by atoms with Gasteiger partial charge in [-0.3, -0.25) is 4.79 Å². The lowest BCUT2D eigenvalue weighted by atomic mass is 9.83. The van der Waals surface area contributed by atoms with Gasteiger partial charge >= 0.3 is 0 Å². The number of amides is 1. The van der Waals surface area contributed by atoms with Crippen molar-refractivity contribution in [3.63, 3.8) is 0 Å². The number of nitrogens with one attached hydrogen (secondary N) is 3. The molecule has 26 heavy (non-hydrogen) atoms. The second kappa shape index (κ2) is 6.97. The molecule has 0 radical (unpaired) electrons. The normalized spacial score (nSPS) is 27.1. The largest absolute Gasteiger partial charge is 0.497 e. The summed E-state index contributed by atoms with van der Waals surface area (Å²) in [5.74, 6) is 1.76. The first-order valence-electron chi connectivity index (χ1n) is 8.89. The zero-order chi connectivity index (χ0) is 18.1. The van der Waals surface area contributed by atoms with Crippen LogP contribution in [0.15, 0.2) is 48.5 Å². The van der Waals surface area contributed by atoms with Gasteiger partial charge in [-0.15, -0.1) is 0 Å². The fraction of sp³-hybridized carbons (Fsp3) is 0.350. The molecule has 3 N–H and O–H groups in total. The van der Waals surface area contributed by atoms with Crippen LogP contribution >= 0.6 is 0 Å². The molecular formula is C20H23N3O3. The van der Waals surface area contributed by atoms with Crippen LogP contribution in [-0.4, -0.2) is 25.7 Å². The predicted molar refractivity (Wildman–Crippen MR) is 97.8 cm³/mol. The monoisotopic (exact) mass is 353 g/mol. The summed E-state index contributed by atoms with van der Waals surface area (Å²) in [6.07, 6.45) is 0. The number of fused-ring (bicyclic) bond motifs is 1. The molecule has 6 nitrogen and oxygen atoms in total. The lowest BCUT2D eigenvalue weighted by Gasteiger charge is -2.24. The molecule has 0 saturated carbocycles. The first-order valence-corrected chi connectivity index (χ1v) is 8.89. The molecule has 4 atom stereocenters. The van der Waals surface area contributed by atoms with E-state index in [4.69, 9.17) is 9.47 Å². The molecule has 4 rings (SSSR count). The van der Waals surface area contributed by atoms with Gasteiger partial charge in [0, 0.05) is 5.92 Å². The highest BCUT2D eigenvalue weighted by atomic mass is 16.5. The molecule has 2 saturated heterocycles. The lowest BCUT2D eigenvalue weighted by molar-refractivity contribution is -0.121. The summed E-state index contributed by atoms with van der Waals surface area (Å²) in [5.41, 5.74) is 8.66. The van der Waals surface area contributed by atoms with Crippen molar-refractivity contribution in [3.05, 3.63) is 59.7 Å². The number of hydrazine groups is 1. The highest BCUT2D eigenvalue weighted by Crippen LogP contribution is 2.42. The van der Waals surface area contributed by atoms with Crippen LogP contribution in [0, 0.1) is 5.92 Å². The van der Waals surface area contributed by atoms with Crippen LogP contribution in [0.25, 0.3) is 0 Å². The van der Waals surface area contributed by atoms with Gasteiger partial charge in [-0.1, -0.05) is 24.3 Å². The fourth-order valence-corrected chi connectivity index (χ4v) is 3.89. The molecule has 0 aromatic heterocycles. The van der Waals surface area contributed by atoms with Gasteiger partial charge in [0.1, 0.15) is 17.5 Å². The fourth-order valence-electron chi connectivity index (χ4n) is 3.89. The molecule has 4 unspecified atom stereocenters. The lowest BCUT2D eigenvalue weighted by Crippen LogP contribution is -2.39. The van der Waals surface area contributed by atoms with Gasteiger partial charge in [-0.05, 0) is 42.3 Å². The Morgan fingerprint density at radius 2 is 1.42 bits per heavy atom. The van der Waals surface area contributed by atoms with E-state index in [1.165, 1.54) is 0 Å². The van der Waals surface area contributed by atoms with E-state index in [1.807, 2.05) is 55.5 Å². The Labute approximate surface area is 152 Å². The number of benzene rings is 2. The van der Waals surface area contributed by atoms with Crippen molar-refractivity contribution in [2.45, 2.75) is 25.0 Å². The van der Waals surface area contributed by atoms with Crippen molar-refractivity contribution in [2.75, 3.05) is 13.7 Å². The highest BCUT2D eigenvalue weighted by Gasteiger charge is 2.51. The molecule has 6 heteroatoms. The second-order valence-electron chi connectivity index (χ2n) is 6.58. The van der Waals surface area contributed by atoms with Gasteiger partial charge < -0.3 is 14.8 Å². The maximum atomic E-state index is 12.4. The summed E-state index contributed by atoms with van der Waals surface area (Å²) in [4.78, 5) is 12.4. The molecule has 2 aliphatic rings. The standard InChI is InChI=1S/C20H23N3O3/c1-3-26-15-10-6-12(7-11-15)17-16-18(22-23-19(16)20(24)21-17)13-4-8-14(25-2)9-5-13/h4-11,16-19,22-23H,3H2,1-2H3,(H,21,24). The Hall–Kier alpha value is -2.57. The third-order valence-corrected chi connectivity index (χ3v) is 5.15. The summed E-state index contributed by atoms with van der Waals surface area (Å²) in [6, 6.07) is 15.7. The molecule has 0 bridgehead atoms. The van der Waals surface area contributed by atoms with Crippen LogP contribution in [0.5, 0.6) is 11.5 Å². The number of ether oxygens (including phenoxy) is 2. The second-order valence-corrected chi connectivity index (χ2v) is 6.58. The Bertz CT molecular complexity index is 776. The number of hydrogen-bond donors (Lipinski definition) is 3. The summed E-state index contributed by atoms with van der Waals surface area (Å²) < 4.78 is 10.8. The van der Waals surface area contributed by atoms with Crippen molar-refractivity contribution < 1.29 is 14.3 Å². The van der Waals surface area contributed by atoms with E-state index in [9.17, 15) is 4.79 Å². The quantitative estimate of drug-likeness (QED) is 0.768. The maximum Gasteiger partial charge on any atom is 0.239 e. The molecule has 0 spiro atoms. The average Bonchev–Trinajstić information content (AvgIpc) is 3.24. The Kier molecular flexibility index (Phi) is 4.53. The SMILES string of the molecule is CCOc1ccc(C2NC(=O)C3NNC(c4ccc(OC)cc4)C32)cc1. The predicted octanol–water partition coefficient (Wildman–Crippen LogP) is 2.10. The minimum absolute atomic E-state index is 0.0254. The van der Waals surface area contributed by atoms with Crippen LogP contribution in [0.2, 0.25) is 0 Å². The van der Waals surface area contributed by atoms with E-state index in [1.54, 1.807) is 7.11 Å².